The van der Waals surface area contributed by atoms with Gasteiger partial charge in [-0.1, -0.05) is 17.7 Å². The summed E-state index contributed by atoms with van der Waals surface area (Å²) in [7, 11) is 0. The maximum atomic E-state index is 6.02. The van der Waals surface area contributed by atoms with Crippen LogP contribution in [-0.4, -0.2) is 6.26 Å². The predicted octanol–water partition coefficient (Wildman–Crippen LogP) is 3.37. The minimum absolute atomic E-state index is 0.0865. The summed E-state index contributed by atoms with van der Waals surface area (Å²) in [4.78, 5) is 1.27. The molecule has 1 aromatic carbocycles. The van der Waals surface area contributed by atoms with Crippen molar-refractivity contribution < 1.29 is 0 Å². The van der Waals surface area contributed by atoms with Gasteiger partial charge in [-0.15, -0.1) is 18.3 Å². The number of thioether (sulfide) groups is 1. The number of nitrogens with two attached hydrogens (primary N) is 1. The lowest BCUT2D eigenvalue weighted by Gasteiger charge is -2.11. The van der Waals surface area contributed by atoms with Crippen LogP contribution in [0.4, 0.5) is 0 Å². The van der Waals surface area contributed by atoms with Crippen molar-refractivity contribution in [2.45, 2.75) is 24.3 Å². The number of hydrogen-bond donors (Lipinski definition) is 1. The van der Waals surface area contributed by atoms with Crippen LogP contribution in [0.5, 0.6) is 0 Å². The van der Waals surface area contributed by atoms with Crippen molar-refractivity contribution in [1.29, 1.82) is 0 Å². The molecule has 1 nitrogen and oxygen atoms in total. The molecule has 0 amide bonds. The van der Waals surface area contributed by atoms with Gasteiger partial charge in [0.2, 0.25) is 0 Å². The molecule has 0 aromatic heterocycles. The van der Waals surface area contributed by atoms with Crippen molar-refractivity contribution in [3.63, 3.8) is 0 Å². The smallest absolute Gasteiger partial charge is 0.0332 e. The molecular weight excluding hydrogens is 190 g/mol. The zero-order valence-electron chi connectivity index (χ0n) is 8.79. The Kier molecular flexibility index (Phi) is 4.23. The van der Waals surface area contributed by atoms with E-state index in [9.17, 15) is 0 Å². The zero-order valence-corrected chi connectivity index (χ0v) is 9.60. The van der Waals surface area contributed by atoms with Crippen molar-refractivity contribution in [2.24, 2.45) is 5.73 Å². The van der Waals surface area contributed by atoms with Crippen molar-refractivity contribution >= 4 is 11.8 Å². The van der Waals surface area contributed by atoms with Crippen LogP contribution in [0.25, 0.3) is 0 Å². The largest absolute Gasteiger partial charge is 0.324 e. The Balaban J connectivity index is 2.71. The monoisotopic (exact) mass is 207 g/mol. The van der Waals surface area contributed by atoms with Gasteiger partial charge < -0.3 is 5.73 Å². The molecule has 0 spiro atoms. The van der Waals surface area contributed by atoms with E-state index in [0.717, 1.165) is 12.0 Å². The molecule has 1 aromatic rings. The van der Waals surface area contributed by atoms with Crippen LogP contribution in [0.2, 0.25) is 0 Å². The Morgan fingerprint density at radius 1 is 1.43 bits per heavy atom. The topological polar surface area (TPSA) is 26.0 Å². The SMILES string of the molecule is C=C(C)CC(N)c1ccc(SC)cc1. The summed E-state index contributed by atoms with van der Waals surface area (Å²) in [6.45, 7) is 5.88. The highest BCUT2D eigenvalue weighted by molar-refractivity contribution is 7.98. The first-order valence-corrected chi connectivity index (χ1v) is 5.90. The van der Waals surface area contributed by atoms with Gasteiger partial charge in [0, 0.05) is 10.9 Å². The molecule has 0 bridgehead atoms. The lowest BCUT2D eigenvalue weighted by molar-refractivity contribution is 0.716. The van der Waals surface area contributed by atoms with Crippen LogP contribution in [0.3, 0.4) is 0 Å². The van der Waals surface area contributed by atoms with Crippen LogP contribution in [0.15, 0.2) is 41.3 Å². The van der Waals surface area contributed by atoms with Gasteiger partial charge in [0.15, 0.2) is 0 Å². The molecule has 14 heavy (non-hydrogen) atoms. The average Bonchev–Trinajstić information content (AvgIpc) is 2.17. The van der Waals surface area contributed by atoms with Gasteiger partial charge in [0.25, 0.3) is 0 Å². The first-order valence-electron chi connectivity index (χ1n) is 4.67. The fourth-order valence-electron chi connectivity index (χ4n) is 1.34. The molecule has 1 unspecified atom stereocenters. The molecule has 0 fully saturated rings. The molecule has 0 aliphatic carbocycles. The number of hydrogen-bond acceptors (Lipinski definition) is 2. The van der Waals surface area contributed by atoms with E-state index in [2.05, 4.69) is 37.1 Å². The maximum absolute atomic E-state index is 6.02. The van der Waals surface area contributed by atoms with Gasteiger partial charge in [0.05, 0.1) is 0 Å². The van der Waals surface area contributed by atoms with E-state index in [4.69, 9.17) is 5.73 Å². The molecule has 0 aliphatic rings. The molecule has 0 heterocycles. The summed E-state index contributed by atoms with van der Waals surface area (Å²) in [5.74, 6) is 0. The highest BCUT2D eigenvalue weighted by atomic mass is 32.2. The van der Waals surface area contributed by atoms with E-state index in [1.165, 1.54) is 10.5 Å². The lowest BCUT2D eigenvalue weighted by atomic mass is 10.0. The van der Waals surface area contributed by atoms with Gasteiger partial charge >= 0.3 is 0 Å². The van der Waals surface area contributed by atoms with Crippen LogP contribution < -0.4 is 5.73 Å². The molecule has 0 radical (unpaired) electrons. The van der Waals surface area contributed by atoms with E-state index in [1.807, 2.05) is 6.92 Å². The quantitative estimate of drug-likeness (QED) is 0.605. The van der Waals surface area contributed by atoms with Crippen molar-refractivity contribution in [1.82, 2.24) is 0 Å². The van der Waals surface area contributed by atoms with E-state index >= 15 is 0 Å². The summed E-state index contributed by atoms with van der Waals surface area (Å²) in [5.41, 5.74) is 8.34. The number of benzene rings is 1. The minimum Gasteiger partial charge on any atom is -0.324 e. The third-order valence-corrected chi connectivity index (χ3v) is 2.86. The first kappa shape index (κ1) is 11.3. The third-order valence-electron chi connectivity index (χ3n) is 2.11. The van der Waals surface area contributed by atoms with Gasteiger partial charge in [-0.25, -0.2) is 0 Å². The second kappa shape index (κ2) is 5.23. The zero-order chi connectivity index (χ0) is 10.6. The summed E-state index contributed by atoms with van der Waals surface area (Å²) in [5, 5.41) is 0. The maximum Gasteiger partial charge on any atom is 0.0332 e. The highest BCUT2D eigenvalue weighted by Crippen LogP contribution is 2.21. The van der Waals surface area contributed by atoms with Crippen molar-refractivity contribution in [2.75, 3.05) is 6.26 Å². The third kappa shape index (κ3) is 3.20. The molecule has 76 valence electrons. The summed E-state index contributed by atoms with van der Waals surface area (Å²) in [6.07, 6.45) is 2.93. The lowest BCUT2D eigenvalue weighted by Crippen LogP contribution is -2.10. The Bertz CT molecular complexity index is 303. The Labute approximate surface area is 90.4 Å². The summed E-state index contributed by atoms with van der Waals surface area (Å²) >= 11 is 1.74. The van der Waals surface area contributed by atoms with Gasteiger partial charge in [-0.3, -0.25) is 0 Å². The fourth-order valence-corrected chi connectivity index (χ4v) is 1.75. The molecule has 0 aliphatic heterocycles. The Hall–Kier alpha value is -0.730. The standard InChI is InChI=1S/C12H17NS/c1-9(2)8-12(13)10-4-6-11(14-3)7-5-10/h4-7,12H,1,8,13H2,2-3H3. The van der Waals surface area contributed by atoms with Gasteiger partial charge in [-0.05, 0) is 37.3 Å². The van der Waals surface area contributed by atoms with Crippen LogP contribution in [0, 0.1) is 0 Å². The minimum atomic E-state index is 0.0865. The van der Waals surface area contributed by atoms with E-state index in [0.29, 0.717) is 0 Å². The van der Waals surface area contributed by atoms with Crippen molar-refractivity contribution in [3.8, 4) is 0 Å². The molecule has 2 heteroatoms. The molecule has 1 rings (SSSR count). The summed E-state index contributed by atoms with van der Waals surface area (Å²) in [6, 6.07) is 8.50. The predicted molar refractivity (Wildman–Crippen MR) is 64.6 cm³/mol. The second-order valence-electron chi connectivity index (χ2n) is 3.54. The van der Waals surface area contributed by atoms with E-state index in [-0.39, 0.29) is 6.04 Å². The van der Waals surface area contributed by atoms with Crippen LogP contribution in [0.1, 0.15) is 24.9 Å². The van der Waals surface area contributed by atoms with E-state index in [1.54, 1.807) is 11.8 Å². The van der Waals surface area contributed by atoms with Gasteiger partial charge in [0.1, 0.15) is 0 Å². The van der Waals surface area contributed by atoms with E-state index < -0.39 is 0 Å². The Morgan fingerprint density at radius 3 is 2.43 bits per heavy atom. The Morgan fingerprint density at radius 2 is 2.00 bits per heavy atom. The molecule has 0 saturated carbocycles. The average molecular weight is 207 g/mol. The van der Waals surface area contributed by atoms with Crippen molar-refractivity contribution in [3.05, 3.63) is 42.0 Å². The molecule has 0 saturated heterocycles. The van der Waals surface area contributed by atoms with Gasteiger partial charge in [-0.2, -0.15) is 0 Å². The first-order chi connectivity index (χ1) is 6.63. The summed E-state index contributed by atoms with van der Waals surface area (Å²) < 4.78 is 0. The van der Waals surface area contributed by atoms with Crippen LogP contribution in [-0.2, 0) is 0 Å². The molecule has 1 atom stereocenters. The molecular formula is C12H17NS. The normalized spacial score (nSPS) is 12.5. The fraction of sp³-hybridized carbons (Fsp3) is 0.333. The van der Waals surface area contributed by atoms with Crippen LogP contribution >= 0.6 is 11.8 Å². The highest BCUT2D eigenvalue weighted by Gasteiger charge is 2.05. The number of rotatable bonds is 4. The molecule has 2 N–H and O–H groups in total. The second-order valence-corrected chi connectivity index (χ2v) is 4.42.